The maximum Gasteiger partial charge on any atom is 0.251 e. The van der Waals surface area contributed by atoms with Crippen molar-refractivity contribution in [2.75, 3.05) is 25.5 Å². The summed E-state index contributed by atoms with van der Waals surface area (Å²) >= 11 is 0. The molecule has 4 nitrogen and oxygen atoms in total. The van der Waals surface area contributed by atoms with E-state index in [0.717, 1.165) is 29.9 Å². The van der Waals surface area contributed by atoms with Gasteiger partial charge in [-0.15, -0.1) is 0 Å². The molecule has 150 valence electrons. The Hall–Kier alpha value is -2.62. The fraction of sp³-hybridized carbons (Fsp3) is 0.417. The van der Waals surface area contributed by atoms with Gasteiger partial charge in [-0.05, 0) is 48.4 Å². The van der Waals surface area contributed by atoms with Crippen LogP contribution in [0.1, 0.15) is 61.4 Å². The van der Waals surface area contributed by atoms with Gasteiger partial charge < -0.3 is 10.2 Å². The van der Waals surface area contributed by atoms with Crippen molar-refractivity contribution in [2.45, 2.75) is 45.4 Å². The van der Waals surface area contributed by atoms with Crippen LogP contribution in [0.25, 0.3) is 0 Å². The zero-order chi connectivity index (χ0) is 20.2. The fourth-order valence-corrected chi connectivity index (χ4v) is 2.92. The molecule has 2 aromatic carbocycles. The van der Waals surface area contributed by atoms with Crippen LogP contribution in [-0.2, 0) is 0 Å². The number of carbonyl (C=O) groups excluding carboxylic acids is 1. The predicted octanol–water partition coefficient (Wildman–Crippen LogP) is 5.59. The molecule has 1 amide bonds. The van der Waals surface area contributed by atoms with E-state index in [1.165, 1.54) is 32.1 Å². The van der Waals surface area contributed by atoms with Crippen molar-refractivity contribution >= 4 is 23.5 Å². The number of nitrogens with zero attached hydrogens (tertiary/aromatic N) is 2. The van der Waals surface area contributed by atoms with Gasteiger partial charge in [0.25, 0.3) is 5.91 Å². The normalized spacial score (nSPS) is 11.0. The molecule has 0 heterocycles. The van der Waals surface area contributed by atoms with Crippen LogP contribution < -0.4 is 10.2 Å². The van der Waals surface area contributed by atoms with Gasteiger partial charge in [-0.25, -0.2) is 0 Å². The molecule has 0 aliphatic rings. The lowest BCUT2D eigenvalue weighted by Crippen LogP contribution is -2.24. The molecule has 0 spiro atoms. The summed E-state index contributed by atoms with van der Waals surface area (Å²) in [5, 5.41) is 3.00. The van der Waals surface area contributed by atoms with Crippen LogP contribution in [0.2, 0.25) is 0 Å². The molecule has 0 bridgehead atoms. The molecule has 0 aliphatic carbocycles. The van der Waals surface area contributed by atoms with Crippen molar-refractivity contribution in [1.29, 1.82) is 0 Å². The maximum atomic E-state index is 12.2. The van der Waals surface area contributed by atoms with Crippen LogP contribution in [-0.4, -0.2) is 32.8 Å². The molecule has 2 aromatic rings. The predicted molar refractivity (Wildman–Crippen MR) is 120 cm³/mol. The quantitative estimate of drug-likeness (QED) is 0.408. The Labute approximate surface area is 169 Å². The molecule has 0 radical (unpaired) electrons. The zero-order valence-electron chi connectivity index (χ0n) is 17.4. The molecule has 0 aromatic heterocycles. The van der Waals surface area contributed by atoms with Crippen LogP contribution in [0, 0.1) is 0 Å². The molecule has 0 saturated carbocycles. The highest BCUT2D eigenvalue weighted by molar-refractivity contribution is 5.94. The van der Waals surface area contributed by atoms with Gasteiger partial charge in [0.15, 0.2) is 0 Å². The van der Waals surface area contributed by atoms with Crippen LogP contribution in [0.5, 0.6) is 0 Å². The zero-order valence-corrected chi connectivity index (χ0v) is 17.4. The standard InChI is InChI=1S/C24H33N3O/c1-4-5-6-7-8-9-18-25-24(28)21-12-14-22(15-13-21)26-19-20-10-16-23(17-11-20)27(2)3/h10-17,19H,4-9,18H2,1-3H3,(H,25,28). The number of aliphatic imine (C=N–C) groups is 1. The van der Waals surface area contributed by atoms with Crippen LogP contribution >= 0.6 is 0 Å². The van der Waals surface area contributed by atoms with E-state index < -0.39 is 0 Å². The minimum absolute atomic E-state index is 0.0108. The van der Waals surface area contributed by atoms with Crippen molar-refractivity contribution in [3.8, 4) is 0 Å². The van der Waals surface area contributed by atoms with E-state index in [1.807, 2.05) is 56.7 Å². The lowest BCUT2D eigenvalue weighted by atomic mass is 10.1. The Bertz CT molecular complexity index is 733. The monoisotopic (exact) mass is 379 g/mol. The number of anilines is 1. The molecule has 4 heteroatoms. The van der Waals surface area contributed by atoms with E-state index >= 15 is 0 Å². The first kappa shape index (κ1) is 21.7. The van der Waals surface area contributed by atoms with Gasteiger partial charge in [-0.2, -0.15) is 0 Å². The number of nitrogens with one attached hydrogen (secondary N) is 1. The van der Waals surface area contributed by atoms with E-state index in [0.29, 0.717) is 5.56 Å². The molecule has 0 fully saturated rings. The van der Waals surface area contributed by atoms with Crippen molar-refractivity contribution < 1.29 is 4.79 Å². The second kappa shape index (κ2) is 12.0. The first-order valence-corrected chi connectivity index (χ1v) is 10.3. The third-order valence-electron chi connectivity index (χ3n) is 4.72. The summed E-state index contributed by atoms with van der Waals surface area (Å²) in [7, 11) is 4.04. The molecule has 0 atom stereocenters. The first-order valence-electron chi connectivity index (χ1n) is 10.3. The molecular weight excluding hydrogens is 346 g/mol. The van der Waals surface area contributed by atoms with E-state index in [1.54, 1.807) is 0 Å². The highest BCUT2D eigenvalue weighted by Crippen LogP contribution is 2.15. The smallest absolute Gasteiger partial charge is 0.251 e. The summed E-state index contributed by atoms with van der Waals surface area (Å²) in [6.07, 6.45) is 9.20. The van der Waals surface area contributed by atoms with E-state index in [9.17, 15) is 4.79 Å². The van der Waals surface area contributed by atoms with E-state index in [-0.39, 0.29) is 5.91 Å². The Morgan fingerprint density at radius 3 is 2.21 bits per heavy atom. The Morgan fingerprint density at radius 2 is 1.57 bits per heavy atom. The van der Waals surface area contributed by atoms with E-state index in [2.05, 4.69) is 34.3 Å². The topological polar surface area (TPSA) is 44.7 Å². The summed E-state index contributed by atoms with van der Waals surface area (Å²) < 4.78 is 0. The lowest BCUT2D eigenvalue weighted by Gasteiger charge is -2.11. The Balaban J connectivity index is 1.78. The van der Waals surface area contributed by atoms with Gasteiger partial charge in [0, 0.05) is 38.1 Å². The second-order valence-electron chi connectivity index (χ2n) is 7.31. The molecule has 0 saturated heterocycles. The Morgan fingerprint density at radius 1 is 0.929 bits per heavy atom. The van der Waals surface area contributed by atoms with Crippen LogP contribution in [0.4, 0.5) is 11.4 Å². The lowest BCUT2D eigenvalue weighted by molar-refractivity contribution is 0.0953. The van der Waals surface area contributed by atoms with E-state index in [4.69, 9.17) is 0 Å². The minimum Gasteiger partial charge on any atom is -0.378 e. The molecule has 1 N–H and O–H groups in total. The average molecular weight is 380 g/mol. The van der Waals surface area contributed by atoms with Gasteiger partial charge in [-0.3, -0.25) is 9.79 Å². The van der Waals surface area contributed by atoms with Crippen molar-refractivity contribution in [2.24, 2.45) is 4.99 Å². The highest BCUT2D eigenvalue weighted by Gasteiger charge is 2.04. The third kappa shape index (κ3) is 7.55. The van der Waals surface area contributed by atoms with Gasteiger partial charge in [0.1, 0.15) is 0 Å². The number of hydrogen-bond donors (Lipinski definition) is 1. The number of benzene rings is 2. The van der Waals surface area contributed by atoms with Crippen molar-refractivity contribution in [3.05, 3.63) is 59.7 Å². The number of hydrogen-bond acceptors (Lipinski definition) is 3. The minimum atomic E-state index is -0.0108. The van der Waals surface area contributed by atoms with Crippen molar-refractivity contribution in [3.63, 3.8) is 0 Å². The number of rotatable bonds is 11. The average Bonchev–Trinajstić information content (AvgIpc) is 2.72. The number of unbranched alkanes of at least 4 members (excludes halogenated alkanes) is 5. The van der Waals surface area contributed by atoms with Gasteiger partial charge in [0.05, 0.1) is 5.69 Å². The number of amides is 1. The summed E-state index contributed by atoms with van der Waals surface area (Å²) in [5.74, 6) is -0.0108. The van der Waals surface area contributed by atoms with Crippen LogP contribution in [0.3, 0.4) is 0 Å². The fourth-order valence-electron chi connectivity index (χ4n) is 2.92. The van der Waals surface area contributed by atoms with Crippen LogP contribution in [0.15, 0.2) is 53.5 Å². The molecule has 2 rings (SSSR count). The van der Waals surface area contributed by atoms with Gasteiger partial charge >= 0.3 is 0 Å². The largest absolute Gasteiger partial charge is 0.378 e. The molecular formula is C24H33N3O. The summed E-state index contributed by atoms with van der Waals surface area (Å²) in [5.41, 5.74) is 3.73. The second-order valence-corrected chi connectivity index (χ2v) is 7.31. The molecule has 0 aliphatic heterocycles. The molecule has 0 unspecified atom stereocenters. The van der Waals surface area contributed by atoms with Gasteiger partial charge in [0.2, 0.25) is 0 Å². The SMILES string of the molecule is CCCCCCCCNC(=O)c1ccc(N=Cc2ccc(N(C)C)cc2)cc1. The Kier molecular flexibility index (Phi) is 9.26. The van der Waals surface area contributed by atoms with Gasteiger partial charge in [-0.1, -0.05) is 51.2 Å². The number of carbonyl (C=O) groups is 1. The third-order valence-corrected chi connectivity index (χ3v) is 4.72. The first-order chi connectivity index (χ1) is 13.6. The summed E-state index contributed by atoms with van der Waals surface area (Å²) in [6.45, 7) is 2.97. The summed E-state index contributed by atoms with van der Waals surface area (Å²) in [4.78, 5) is 18.8. The van der Waals surface area contributed by atoms with Crippen molar-refractivity contribution in [1.82, 2.24) is 5.32 Å². The summed E-state index contributed by atoms with van der Waals surface area (Å²) in [6, 6.07) is 15.6. The maximum absolute atomic E-state index is 12.2. The highest BCUT2D eigenvalue weighted by atomic mass is 16.1. The molecule has 28 heavy (non-hydrogen) atoms.